The minimum Gasteiger partial charge on any atom is -0.464 e. The van der Waals surface area contributed by atoms with Crippen LogP contribution in [-0.4, -0.2) is 55.4 Å². The number of fused-ring (bicyclic) bond motifs is 1. The van der Waals surface area contributed by atoms with Crippen molar-refractivity contribution < 1.29 is 27.2 Å². The number of benzene rings is 1. The molecule has 0 unspecified atom stereocenters. The SMILES string of the molecule is CCN(C(=O)[C@H](C)OC(=O)Cc1coc2cc(C)ccc12)[C@H]1CCS(=O)(=O)C1. The molecule has 0 aliphatic carbocycles. The molecule has 8 heteroatoms. The molecule has 2 heterocycles. The summed E-state index contributed by atoms with van der Waals surface area (Å²) >= 11 is 0. The van der Waals surface area contributed by atoms with Gasteiger partial charge in [0, 0.05) is 23.5 Å². The van der Waals surface area contributed by atoms with Gasteiger partial charge in [-0.05, 0) is 38.8 Å². The van der Waals surface area contributed by atoms with Crippen LogP contribution in [0.4, 0.5) is 0 Å². The van der Waals surface area contributed by atoms with Crippen molar-refractivity contribution >= 4 is 32.7 Å². The number of esters is 1. The van der Waals surface area contributed by atoms with Gasteiger partial charge in [0.15, 0.2) is 15.9 Å². The van der Waals surface area contributed by atoms with Crippen molar-refractivity contribution in [3.8, 4) is 0 Å². The monoisotopic (exact) mass is 407 g/mol. The summed E-state index contributed by atoms with van der Waals surface area (Å²) in [5.74, 6) is -0.846. The fraction of sp³-hybridized carbons (Fsp3) is 0.500. The molecule has 0 N–H and O–H groups in total. The van der Waals surface area contributed by atoms with E-state index in [1.807, 2.05) is 25.1 Å². The van der Waals surface area contributed by atoms with Crippen LogP contribution in [0.5, 0.6) is 0 Å². The molecule has 7 nitrogen and oxygen atoms in total. The van der Waals surface area contributed by atoms with Gasteiger partial charge in [-0.25, -0.2) is 8.42 Å². The molecule has 1 aliphatic rings. The van der Waals surface area contributed by atoms with Crippen molar-refractivity contribution in [1.29, 1.82) is 0 Å². The molecule has 1 saturated heterocycles. The van der Waals surface area contributed by atoms with Crippen LogP contribution in [0.25, 0.3) is 11.0 Å². The van der Waals surface area contributed by atoms with Crippen LogP contribution in [0.3, 0.4) is 0 Å². The van der Waals surface area contributed by atoms with Gasteiger partial charge in [0.25, 0.3) is 5.91 Å². The summed E-state index contributed by atoms with van der Waals surface area (Å²) in [7, 11) is -3.10. The van der Waals surface area contributed by atoms with E-state index in [1.54, 1.807) is 6.92 Å². The van der Waals surface area contributed by atoms with Gasteiger partial charge in [0.05, 0.1) is 24.2 Å². The molecule has 0 radical (unpaired) electrons. The van der Waals surface area contributed by atoms with E-state index in [4.69, 9.17) is 9.15 Å². The van der Waals surface area contributed by atoms with E-state index < -0.39 is 21.9 Å². The normalized spacial score (nSPS) is 19.5. The summed E-state index contributed by atoms with van der Waals surface area (Å²) in [4.78, 5) is 26.5. The summed E-state index contributed by atoms with van der Waals surface area (Å²) < 4.78 is 34.2. The maximum atomic E-state index is 12.7. The van der Waals surface area contributed by atoms with Crippen LogP contribution < -0.4 is 0 Å². The second-order valence-corrected chi connectivity index (χ2v) is 9.48. The second-order valence-electron chi connectivity index (χ2n) is 7.25. The number of sulfone groups is 1. The molecule has 1 aliphatic heterocycles. The Morgan fingerprint density at radius 3 is 2.75 bits per heavy atom. The Morgan fingerprint density at radius 2 is 2.11 bits per heavy atom. The first-order chi connectivity index (χ1) is 13.2. The Bertz CT molecular complexity index is 993. The van der Waals surface area contributed by atoms with Crippen LogP contribution in [0.1, 0.15) is 31.4 Å². The van der Waals surface area contributed by atoms with Gasteiger partial charge in [-0.2, -0.15) is 0 Å². The molecule has 1 aromatic carbocycles. The maximum absolute atomic E-state index is 12.7. The molecule has 0 spiro atoms. The quantitative estimate of drug-likeness (QED) is 0.682. The predicted molar refractivity (Wildman–Crippen MR) is 105 cm³/mol. The number of hydrogen-bond acceptors (Lipinski definition) is 6. The number of nitrogens with zero attached hydrogens (tertiary/aromatic N) is 1. The van der Waals surface area contributed by atoms with Crippen molar-refractivity contribution in [2.45, 2.75) is 45.8 Å². The van der Waals surface area contributed by atoms with E-state index in [0.29, 0.717) is 24.1 Å². The molecule has 2 atom stereocenters. The number of ether oxygens (including phenoxy) is 1. The first kappa shape index (κ1) is 20.4. The average Bonchev–Trinajstić information content (AvgIpc) is 3.18. The second kappa shape index (κ2) is 7.95. The Labute approximate surface area is 164 Å². The first-order valence-electron chi connectivity index (χ1n) is 9.37. The highest BCUT2D eigenvalue weighted by atomic mass is 32.2. The number of hydrogen-bond donors (Lipinski definition) is 0. The van der Waals surface area contributed by atoms with Crippen LogP contribution >= 0.6 is 0 Å². The standard InChI is InChI=1S/C20H25NO6S/c1-4-21(16-7-8-28(24,25)12-16)20(23)14(3)27-19(22)10-15-11-26-18-9-13(2)5-6-17(15)18/h5-6,9,11,14,16H,4,7-8,10,12H2,1-3H3/t14-,16-/m0/s1. The fourth-order valence-electron chi connectivity index (χ4n) is 3.62. The Morgan fingerprint density at radius 1 is 1.36 bits per heavy atom. The van der Waals surface area contributed by atoms with E-state index in [2.05, 4.69) is 0 Å². The Hall–Kier alpha value is -2.35. The zero-order chi connectivity index (χ0) is 20.5. The van der Waals surface area contributed by atoms with E-state index in [0.717, 1.165) is 10.9 Å². The van der Waals surface area contributed by atoms with Gasteiger partial charge >= 0.3 is 5.97 Å². The number of carbonyl (C=O) groups excluding carboxylic acids is 2. The van der Waals surface area contributed by atoms with Gasteiger partial charge < -0.3 is 14.1 Å². The molecule has 152 valence electrons. The minimum atomic E-state index is -3.10. The van der Waals surface area contributed by atoms with E-state index in [-0.39, 0.29) is 29.9 Å². The number of rotatable bonds is 6. The van der Waals surface area contributed by atoms with Crippen LogP contribution in [0, 0.1) is 6.92 Å². The Kier molecular flexibility index (Phi) is 5.79. The third-order valence-electron chi connectivity index (χ3n) is 5.07. The van der Waals surface area contributed by atoms with Gasteiger partial charge in [-0.1, -0.05) is 12.1 Å². The lowest BCUT2D eigenvalue weighted by Gasteiger charge is -2.29. The van der Waals surface area contributed by atoms with E-state index >= 15 is 0 Å². The highest BCUT2D eigenvalue weighted by Crippen LogP contribution is 2.23. The molecule has 0 saturated carbocycles. The molecule has 1 amide bonds. The molecular weight excluding hydrogens is 382 g/mol. The molecule has 1 aromatic heterocycles. The van der Waals surface area contributed by atoms with Crippen LogP contribution in [-0.2, 0) is 30.6 Å². The summed E-state index contributed by atoms with van der Waals surface area (Å²) in [5.41, 5.74) is 2.46. The summed E-state index contributed by atoms with van der Waals surface area (Å²) in [6, 6.07) is 5.37. The van der Waals surface area contributed by atoms with Crippen molar-refractivity contribution in [1.82, 2.24) is 4.90 Å². The van der Waals surface area contributed by atoms with Crippen LogP contribution in [0.15, 0.2) is 28.9 Å². The highest BCUT2D eigenvalue weighted by molar-refractivity contribution is 7.91. The van der Waals surface area contributed by atoms with E-state index in [9.17, 15) is 18.0 Å². The summed E-state index contributed by atoms with van der Waals surface area (Å²) in [5, 5.41) is 0.841. The van der Waals surface area contributed by atoms with Gasteiger partial charge in [0.1, 0.15) is 5.58 Å². The van der Waals surface area contributed by atoms with Crippen molar-refractivity contribution in [2.75, 3.05) is 18.1 Å². The molecule has 0 bridgehead atoms. The smallest absolute Gasteiger partial charge is 0.311 e. The maximum Gasteiger partial charge on any atom is 0.311 e. The molecular formula is C20H25NO6S. The fourth-order valence-corrected chi connectivity index (χ4v) is 5.35. The van der Waals surface area contributed by atoms with Gasteiger partial charge in [-0.15, -0.1) is 0 Å². The zero-order valence-corrected chi connectivity index (χ0v) is 17.1. The number of likely N-dealkylation sites (N-methyl/N-ethyl adjacent to an activating group) is 1. The topological polar surface area (TPSA) is 93.9 Å². The van der Waals surface area contributed by atoms with Gasteiger partial charge in [-0.3, -0.25) is 9.59 Å². The third kappa shape index (κ3) is 4.38. The van der Waals surface area contributed by atoms with Crippen molar-refractivity contribution in [2.24, 2.45) is 0 Å². The highest BCUT2D eigenvalue weighted by Gasteiger charge is 2.36. The number of amides is 1. The average molecular weight is 407 g/mol. The first-order valence-corrected chi connectivity index (χ1v) is 11.2. The number of furan rings is 1. The summed E-state index contributed by atoms with van der Waals surface area (Å²) in [6.45, 7) is 5.63. The van der Waals surface area contributed by atoms with Gasteiger partial charge in [0.2, 0.25) is 0 Å². The summed E-state index contributed by atoms with van der Waals surface area (Å²) in [6.07, 6.45) is 0.969. The van der Waals surface area contributed by atoms with Crippen molar-refractivity contribution in [3.63, 3.8) is 0 Å². The number of carbonyl (C=O) groups is 2. The minimum absolute atomic E-state index is 0.00237. The lowest BCUT2D eigenvalue weighted by atomic mass is 10.1. The predicted octanol–water partition coefficient (Wildman–Crippen LogP) is 2.25. The molecule has 2 aromatic rings. The third-order valence-corrected chi connectivity index (χ3v) is 6.83. The number of aryl methyl sites for hydroxylation is 1. The van der Waals surface area contributed by atoms with E-state index in [1.165, 1.54) is 18.1 Å². The largest absolute Gasteiger partial charge is 0.464 e. The lowest BCUT2D eigenvalue weighted by Crippen LogP contribution is -2.46. The molecule has 3 rings (SSSR count). The van der Waals surface area contributed by atoms with Crippen LogP contribution in [0.2, 0.25) is 0 Å². The lowest BCUT2D eigenvalue weighted by molar-refractivity contribution is -0.159. The Balaban J connectivity index is 1.63. The molecule has 28 heavy (non-hydrogen) atoms. The zero-order valence-electron chi connectivity index (χ0n) is 16.3. The van der Waals surface area contributed by atoms with Crippen molar-refractivity contribution in [3.05, 3.63) is 35.6 Å². The molecule has 1 fully saturated rings.